The quantitative estimate of drug-likeness (QED) is 0.340. The Bertz CT molecular complexity index is 494. The molecular weight excluding hydrogens is 266 g/mol. The number of benzene rings is 1. The third kappa shape index (κ3) is 6.25. The van der Waals surface area contributed by atoms with Crippen molar-refractivity contribution in [1.29, 1.82) is 0 Å². The first kappa shape index (κ1) is 17.0. The van der Waals surface area contributed by atoms with Gasteiger partial charge in [0.2, 0.25) is 0 Å². The van der Waals surface area contributed by atoms with Gasteiger partial charge >= 0.3 is 5.97 Å². The van der Waals surface area contributed by atoms with Crippen molar-refractivity contribution in [3.63, 3.8) is 0 Å². The summed E-state index contributed by atoms with van der Waals surface area (Å²) >= 11 is 0. The average Bonchev–Trinajstić information content (AvgIpc) is 2.48. The summed E-state index contributed by atoms with van der Waals surface area (Å²) in [6, 6.07) is 8.96. The summed E-state index contributed by atoms with van der Waals surface area (Å²) in [4.78, 5) is 11.7. The summed E-state index contributed by atoms with van der Waals surface area (Å²) in [6.45, 7) is 8.07. The fourth-order valence-corrected chi connectivity index (χ4v) is 1.89. The number of allylic oxidation sites excluding steroid dienone is 1. The molecule has 1 N–H and O–H groups in total. The molecule has 4 nitrogen and oxygen atoms in total. The third-order valence-corrected chi connectivity index (χ3v) is 3.34. The number of carbonyl (C=O) groups is 1. The topological polar surface area (TPSA) is 58.9 Å². The smallest absolute Gasteiger partial charge is 0.338 e. The van der Waals surface area contributed by atoms with Gasteiger partial charge in [0.05, 0.1) is 17.9 Å². The highest BCUT2D eigenvalue weighted by Gasteiger charge is 2.09. The van der Waals surface area contributed by atoms with E-state index in [-0.39, 0.29) is 5.97 Å². The van der Waals surface area contributed by atoms with Crippen LogP contribution < -0.4 is 0 Å². The SMILES string of the molecule is C=C(C)/C(CCC(C)CCOC(=O)c1ccccc1)=N/O. The first-order valence-electron chi connectivity index (χ1n) is 7.13. The molecule has 1 rings (SSSR count). The van der Waals surface area contributed by atoms with Crippen molar-refractivity contribution in [3.05, 3.63) is 48.0 Å². The van der Waals surface area contributed by atoms with Crippen molar-refractivity contribution >= 4 is 11.7 Å². The van der Waals surface area contributed by atoms with Gasteiger partial charge in [-0.05, 0) is 49.8 Å². The van der Waals surface area contributed by atoms with Crippen LogP contribution in [-0.2, 0) is 4.74 Å². The zero-order chi connectivity index (χ0) is 15.7. The zero-order valence-electron chi connectivity index (χ0n) is 12.7. The van der Waals surface area contributed by atoms with Gasteiger partial charge < -0.3 is 9.94 Å². The second-order valence-electron chi connectivity index (χ2n) is 5.26. The molecule has 0 fully saturated rings. The Hall–Kier alpha value is -2.10. The van der Waals surface area contributed by atoms with E-state index in [1.807, 2.05) is 25.1 Å². The standard InChI is InChI=1S/C17H23NO3/c1-13(2)16(18-20)10-9-14(3)11-12-21-17(19)15-7-5-4-6-8-15/h4-8,14,20H,1,9-12H2,2-3H3/b18-16+. The number of oxime groups is 1. The van der Waals surface area contributed by atoms with Gasteiger partial charge in [0, 0.05) is 0 Å². The van der Waals surface area contributed by atoms with Gasteiger partial charge in [-0.3, -0.25) is 0 Å². The summed E-state index contributed by atoms with van der Waals surface area (Å²) in [7, 11) is 0. The fourth-order valence-electron chi connectivity index (χ4n) is 1.89. The number of ether oxygens (including phenoxy) is 1. The summed E-state index contributed by atoms with van der Waals surface area (Å²) in [5.74, 6) is 0.0898. The Morgan fingerprint density at radius 2 is 2.00 bits per heavy atom. The van der Waals surface area contributed by atoms with E-state index in [1.54, 1.807) is 12.1 Å². The van der Waals surface area contributed by atoms with Crippen molar-refractivity contribution in [2.45, 2.75) is 33.1 Å². The summed E-state index contributed by atoms with van der Waals surface area (Å²) in [5, 5.41) is 12.1. The first-order valence-corrected chi connectivity index (χ1v) is 7.13. The number of hydrogen-bond acceptors (Lipinski definition) is 4. The summed E-state index contributed by atoms with van der Waals surface area (Å²) < 4.78 is 5.24. The Labute approximate surface area is 126 Å². The van der Waals surface area contributed by atoms with Crippen LogP contribution in [0, 0.1) is 5.92 Å². The molecule has 0 saturated heterocycles. The number of rotatable bonds is 8. The Morgan fingerprint density at radius 1 is 1.33 bits per heavy atom. The minimum Gasteiger partial charge on any atom is -0.462 e. The molecule has 114 valence electrons. The van der Waals surface area contributed by atoms with E-state index in [0.29, 0.717) is 30.2 Å². The molecule has 0 radical (unpaired) electrons. The van der Waals surface area contributed by atoms with E-state index in [1.165, 1.54) is 0 Å². The summed E-state index contributed by atoms with van der Waals surface area (Å²) in [5.41, 5.74) is 1.98. The van der Waals surface area contributed by atoms with Gasteiger partial charge in [0.25, 0.3) is 0 Å². The molecule has 1 atom stereocenters. The predicted octanol–water partition coefficient (Wildman–Crippen LogP) is 4.06. The van der Waals surface area contributed by atoms with Gasteiger partial charge in [-0.25, -0.2) is 4.79 Å². The molecule has 4 heteroatoms. The van der Waals surface area contributed by atoms with Crippen LogP contribution in [0.2, 0.25) is 0 Å². The first-order chi connectivity index (χ1) is 10.0. The van der Waals surface area contributed by atoms with Gasteiger partial charge in [0.15, 0.2) is 0 Å². The molecule has 0 spiro atoms. The highest BCUT2D eigenvalue weighted by molar-refractivity contribution is 5.98. The maximum Gasteiger partial charge on any atom is 0.338 e. The molecule has 0 amide bonds. The molecule has 21 heavy (non-hydrogen) atoms. The van der Waals surface area contributed by atoms with E-state index in [9.17, 15) is 4.79 Å². The molecular formula is C17H23NO3. The fraction of sp³-hybridized carbons (Fsp3) is 0.412. The Kier molecular flexibility index (Phi) is 7.23. The molecule has 0 bridgehead atoms. The van der Waals surface area contributed by atoms with Crippen molar-refractivity contribution in [2.75, 3.05) is 6.61 Å². The number of hydrogen-bond donors (Lipinski definition) is 1. The Morgan fingerprint density at radius 3 is 2.57 bits per heavy atom. The number of nitrogens with zero attached hydrogens (tertiary/aromatic N) is 1. The van der Waals surface area contributed by atoms with Crippen LogP contribution in [-0.4, -0.2) is 23.5 Å². The lowest BCUT2D eigenvalue weighted by Gasteiger charge is -2.12. The zero-order valence-corrected chi connectivity index (χ0v) is 12.7. The molecule has 1 aromatic rings. The van der Waals surface area contributed by atoms with Crippen LogP contribution in [0.15, 0.2) is 47.6 Å². The molecule has 0 aromatic heterocycles. The average molecular weight is 289 g/mol. The van der Waals surface area contributed by atoms with Crippen molar-refractivity contribution < 1.29 is 14.7 Å². The van der Waals surface area contributed by atoms with Gasteiger partial charge in [-0.15, -0.1) is 0 Å². The lowest BCUT2D eigenvalue weighted by atomic mass is 9.98. The second-order valence-corrected chi connectivity index (χ2v) is 5.26. The van der Waals surface area contributed by atoms with Crippen LogP contribution in [0.5, 0.6) is 0 Å². The van der Waals surface area contributed by atoms with Gasteiger partial charge in [-0.2, -0.15) is 0 Å². The molecule has 0 aliphatic carbocycles. The minimum absolute atomic E-state index is 0.289. The van der Waals surface area contributed by atoms with Crippen LogP contribution in [0.3, 0.4) is 0 Å². The summed E-state index contributed by atoms with van der Waals surface area (Å²) in [6.07, 6.45) is 2.34. The third-order valence-electron chi connectivity index (χ3n) is 3.34. The van der Waals surface area contributed by atoms with E-state index < -0.39 is 0 Å². The van der Waals surface area contributed by atoms with E-state index in [0.717, 1.165) is 18.4 Å². The lowest BCUT2D eigenvalue weighted by Crippen LogP contribution is -2.10. The van der Waals surface area contributed by atoms with E-state index >= 15 is 0 Å². The van der Waals surface area contributed by atoms with E-state index in [4.69, 9.17) is 9.94 Å². The molecule has 0 heterocycles. The second kappa shape index (κ2) is 8.95. The maximum absolute atomic E-state index is 11.7. The van der Waals surface area contributed by atoms with Crippen molar-refractivity contribution in [2.24, 2.45) is 11.1 Å². The lowest BCUT2D eigenvalue weighted by molar-refractivity contribution is 0.0484. The molecule has 0 saturated carbocycles. The molecule has 0 aliphatic heterocycles. The minimum atomic E-state index is -0.289. The highest BCUT2D eigenvalue weighted by atomic mass is 16.5. The predicted molar refractivity (Wildman–Crippen MR) is 83.8 cm³/mol. The normalized spacial score (nSPS) is 12.8. The van der Waals surface area contributed by atoms with Crippen LogP contribution in [0.4, 0.5) is 0 Å². The highest BCUT2D eigenvalue weighted by Crippen LogP contribution is 2.14. The monoisotopic (exact) mass is 289 g/mol. The van der Waals surface area contributed by atoms with Crippen LogP contribution >= 0.6 is 0 Å². The van der Waals surface area contributed by atoms with Gasteiger partial charge in [-0.1, -0.05) is 36.9 Å². The van der Waals surface area contributed by atoms with E-state index in [2.05, 4.69) is 18.7 Å². The van der Waals surface area contributed by atoms with Crippen LogP contribution in [0.1, 0.15) is 43.5 Å². The van der Waals surface area contributed by atoms with Gasteiger partial charge in [0.1, 0.15) is 0 Å². The largest absolute Gasteiger partial charge is 0.462 e. The molecule has 1 unspecified atom stereocenters. The molecule has 1 aromatic carbocycles. The van der Waals surface area contributed by atoms with Crippen LogP contribution in [0.25, 0.3) is 0 Å². The van der Waals surface area contributed by atoms with Crippen molar-refractivity contribution in [3.8, 4) is 0 Å². The molecule has 0 aliphatic rings. The maximum atomic E-state index is 11.7. The van der Waals surface area contributed by atoms with Crippen molar-refractivity contribution in [1.82, 2.24) is 0 Å². The Balaban J connectivity index is 2.26. The number of carbonyl (C=O) groups excluding carboxylic acids is 1. The number of esters is 1.